The molecule has 0 saturated carbocycles. The second-order valence-corrected chi connectivity index (χ2v) is 7.29. The summed E-state index contributed by atoms with van der Waals surface area (Å²) in [6.45, 7) is 6.21. The van der Waals surface area contributed by atoms with Crippen molar-refractivity contribution in [3.63, 3.8) is 0 Å². The number of ether oxygens (including phenoxy) is 2. The van der Waals surface area contributed by atoms with Crippen molar-refractivity contribution < 1.29 is 9.47 Å². The molecule has 0 aliphatic carbocycles. The Morgan fingerprint density at radius 2 is 1.45 bits per heavy atom. The topological polar surface area (TPSA) is 30.5 Å². The van der Waals surface area contributed by atoms with E-state index in [1.54, 1.807) is 0 Å². The molecule has 0 fully saturated rings. The van der Waals surface area contributed by atoms with Gasteiger partial charge in [-0.05, 0) is 55.5 Å². The number of rotatable bonds is 11. The van der Waals surface area contributed by atoms with Crippen molar-refractivity contribution in [1.82, 2.24) is 5.32 Å². The van der Waals surface area contributed by atoms with E-state index in [9.17, 15) is 0 Å². The second-order valence-electron chi connectivity index (χ2n) is 7.29. The molecule has 3 heteroatoms. The summed E-state index contributed by atoms with van der Waals surface area (Å²) in [5.41, 5.74) is 3.74. The SMILES string of the molecule is CCOc1cc(CNC(C)CCc2ccccc2)ccc1OCc1ccccc1. The number of aryl methyl sites for hydroxylation is 1. The molecule has 152 valence electrons. The van der Waals surface area contributed by atoms with E-state index in [2.05, 4.69) is 66.8 Å². The van der Waals surface area contributed by atoms with Crippen LogP contribution in [-0.2, 0) is 19.6 Å². The number of benzene rings is 3. The predicted octanol–water partition coefficient (Wildman–Crippen LogP) is 5.78. The third-order valence-corrected chi connectivity index (χ3v) is 4.91. The first-order chi connectivity index (χ1) is 14.2. The zero-order valence-corrected chi connectivity index (χ0v) is 17.4. The van der Waals surface area contributed by atoms with Gasteiger partial charge in [-0.1, -0.05) is 66.7 Å². The highest BCUT2D eigenvalue weighted by atomic mass is 16.5. The Bertz CT molecular complexity index is 849. The summed E-state index contributed by atoms with van der Waals surface area (Å²) in [5, 5.41) is 3.62. The molecular weight excluding hydrogens is 358 g/mol. The molecular formula is C26H31NO2. The molecule has 1 atom stereocenters. The Balaban J connectivity index is 1.53. The number of hydrogen-bond donors (Lipinski definition) is 1. The third-order valence-electron chi connectivity index (χ3n) is 4.91. The van der Waals surface area contributed by atoms with Crippen molar-refractivity contribution in [3.05, 3.63) is 95.6 Å². The zero-order chi connectivity index (χ0) is 20.3. The van der Waals surface area contributed by atoms with E-state index < -0.39 is 0 Å². The van der Waals surface area contributed by atoms with Crippen molar-refractivity contribution >= 4 is 0 Å². The summed E-state index contributed by atoms with van der Waals surface area (Å²) >= 11 is 0. The largest absolute Gasteiger partial charge is 0.490 e. The van der Waals surface area contributed by atoms with Crippen LogP contribution < -0.4 is 14.8 Å². The van der Waals surface area contributed by atoms with E-state index >= 15 is 0 Å². The van der Waals surface area contributed by atoms with Crippen LogP contribution in [-0.4, -0.2) is 12.6 Å². The van der Waals surface area contributed by atoms with Gasteiger partial charge in [-0.15, -0.1) is 0 Å². The zero-order valence-electron chi connectivity index (χ0n) is 17.4. The van der Waals surface area contributed by atoms with E-state index in [1.165, 1.54) is 11.1 Å². The van der Waals surface area contributed by atoms with E-state index in [0.717, 1.165) is 36.4 Å². The van der Waals surface area contributed by atoms with Crippen molar-refractivity contribution in [3.8, 4) is 11.5 Å². The van der Waals surface area contributed by atoms with Crippen LogP contribution in [0, 0.1) is 0 Å². The Morgan fingerprint density at radius 1 is 0.759 bits per heavy atom. The van der Waals surface area contributed by atoms with E-state index in [0.29, 0.717) is 19.3 Å². The van der Waals surface area contributed by atoms with Gasteiger partial charge in [0.25, 0.3) is 0 Å². The van der Waals surface area contributed by atoms with Crippen molar-refractivity contribution in [1.29, 1.82) is 0 Å². The molecule has 3 aromatic carbocycles. The van der Waals surface area contributed by atoms with Gasteiger partial charge < -0.3 is 14.8 Å². The fourth-order valence-electron chi connectivity index (χ4n) is 3.21. The van der Waals surface area contributed by atoms with Crippen LogP contribution >= 0.6 is 0 Å². The summed E-state index contributed by atoms with van der Waals surface area (Å²) in [4.78, 5) is 0. The van der Waals surface area contributed by atoms with Gasteiger partial charge in [0.2, 0.25) is 0 Å². The standard InChI is InChI=1S/C26H31NO2/c1-3-28-26-18-24(16-17-25(26)29-20-23-12-8-5-9-13-23)19-27-21(2)14-15-22-10-6-4-7-11-22/h4-13,16-18,21,27H,3,14-15,19-20H2,1-2H3. The van der Waals surface area contributed by atoms with Crippen LogP contribution in [0.3, 0.4) is 0 Å². The van der Waals surface area contributed by atoms with E-state index in [-0.39, 0.29) is 0 Å². The van der Waals surface area contributed by atoms with Gasteiger partial charge in [-0.3, -0.25) is 0 Å². The molecule has 0 saturated heterocycles. The third kappa shape index (κ3) is 6.95. The normalized spacial score (nSPS) is 11.8. The van der Waals surface area contributed by atoms with Gasteiger partial charge >= 0.3 is 0 Å². The summed E-state index contributed by atoms with van der Waals surface area (Å²) in [7, 11) is 0. The van der Waals surface area contributed by atoms with Crippen molar-refractivity contribution in [2.45, 2.75) is 45.9 Å². The average molecular weight is 390 g/mol. The summed E-state index contributed by atoms with van der Waals surface area (Å²) in [6, 6.07) is 27.5. The molecule has 3 nitrogen and oxygen atoms in total. The molecule has 0 aromatic heterocycles. The molecule has 0 heterocycles. The van der Waals surface area contributed by atoms with Crippen LogP contribution in [0.15, 0.2) is 78.9 Å². The lowest BCUT2D eigenvalue weighted by molar-refractivity contribution is 0.269. The first-order valence-corrected chi connectivity index (χ1v) is 10.4. The van der Waals surface area contributed by atoms with Crippen LogP contribution in [0.5, 0.6) is 11.5 Å². The van der Waals surface area contributed by atoms with Gasteiger partial charge in [0.05, 0.1) is 6.61 Å². The van der Waals surface area contributed by atoms with Gasteiger partial charge in [0.15, 0.2) is 11.5 Å². The first-order valence-electron chi connectivity index (χ1n) is 10.4. The maximum Gasteiger partial charge on any atom is 0.161 e. The molecule has 1 unspecified atom stereocenters. The molecule has 0 bridgehead atoms. The highest BCUT2D eigenvalue weighted by molar-refractivity contribution is 5.43. The van der Waals surface area contributed by atoms with Crippen LogP contribution in [0.25, 0.3) is 0 Å². The van der Waals surface area contributed by atoms with Crippen LogP contribution in [0.4, 0.5) is 0 Å². The van der Waals surface area contributed by atoms with Crippen LogP contribution in [0.1, 0.15) is 37.0 Å². The molecule has 0 radical (unpaired) electrons. The molecule has 0 spiro atoms. The Labute approximate surface area is 174 Å². The van der Waals surface area contributed by atoms with Crippen LogP contribution in [0.2, 0.25) is 0 Å². The second kappa shape index (κ2) is 11.3. The Hall–Kier alpha value is -2.78. The maximum absolute atomic E-state index is 6.00. The fraction of sp³-hybridized carbons (Fsp3) is 0.308. The molecule has 29 heavy (non-hydrogen) atoms. The monoisotopic (exact) mass is 389 g/mol. The van der Waals surface area contributed by atoms with E-state index in [4.69, 9.17) is 9.47 Å². The van der Waals surface area contributed by atoms with Gasteiger partial charge in [-0.25, -0.2) is 0 Å². The maximum atomic E-state index is 6.00. The van der Waals surface area contributed by atoms with Crippen molar-refractivity contribution in [2.24, 2.45) is 0 Å². The predicted molar refractivity (Wildman–Crippen MR) is 119 cm³/mol. The minimum atomic E-state index is 0.444. The summed E-state index contributed by atoms with van der Waals surface area (Å²) < 4.78 is 11.8. The number of hydrogen-bond acceptors (Lipinski definition) is 3. The first kappa shape index (κ1) is 20.9. The molecule has 1 N–H and O–H groups in total. The lowest BCUT2D eigenvalue weighted by Crippen LogP contribution is -2.26. The Morgan fingerprint density at radius 3 is 2.14 bits per heavy atom. The summed E-state index contributed by atoms with van der Waals surface area (Å²) in [5.74, 6) is 1.59. The van der Waals surface area contributed by atoms with Gasteiger partial charge in [-0.2, -0.15) is 0 Å². The minimum Gasteiger partial charge on any atom is -0.490 e. The van der Waals surface area contributed by atoms with Crippen molar-refractivity contribution in [2.75, 3.05) is 6.61 Å². The smallest absolute Gasteiger partial charge is 0.161 e. The molecule has 3 aromatic rings. The highest BCUT2D eigenvalue weighted by Crippen LogP contribution is 2.29. The average Bonchev–Trinajstić information content (AvgIpc) is 2.77. The lowest BCUT2D eigenvalue weighted by Gasteiger charge is -2.16. The van der Waals surface area contributed by atoms with Gasteiger partial charge in [0.1, 0.15) is 6.61 Å². The quantitative estimate of drug-likeness (QED) is 0.451. The van der Waals surface area contributed by atoms with Gasteiger partial charge in [0, 0.05) is 12.6 Å². The molecule has 0 amide bonds. The minimum absolute atomic E-state index is 0.444. The lowest BCUT2D eigenvalue weighted by atomic mass is 10.1. The van der Waals surface area contributed by atoms with E-state index in [1.807, 2.05) is 31.2 Å². The number of nitrogens with one attached hydrogen (secondary N) is 1. The summed E-state index contributed by atoms with van der Waals surface area (Å²) in [6.07, 6.45) is 2.20. The molecule has 3 rings (SSSR count). The fourth-order valence-corrected chi connectivity index (χ4v) is 3.21. The molecule has 0 aliphatic heterocycles. The Kier molecular flexibility index (Phi) is 8.14. The highest BCUT2D eigenvalue weighted by Gasteiger charge is 2.08. The molecule has 0 aliphatic rings.